The first kappa shape index (κ1) is 12.1. The average Bonchev–Trinajstić information content (AvgIpc) is 2.95. The lowest BCUT2D eigenvalue weighted by molar-refractivity contribution is -0.117. The fraction of sp³-hybridized carbons (Fsp3) is 0.692. The van der Waals surface area contributed by atoms with E-state index in [2.05, 4.69) is 10.3 Å². The molecule has 0 bridgehead atoms. The molecule has 2 aliphatic rings. The van der Waals surface area contributed by atoms with Gasteiger partial charge in [0.1, 0.15) is 0 Å². The summed E-state index contributed by atoms with van der Waals surface area (Å²) in [7, 11) is 0. The van der Waals surface area contributed by atoms with Gasteiger partial charge in [0.2, 0.25) is 5.91 Å². The number of amides is 1. The number of nitrogens with one attached hydrogen (secondary N) is 1. The molecule has 0 aromatic carbocycles. The largest absolute Gasteiger partial charge is 0.327 e. The molecule has 98 valence electrons. The summed E-state index contributed by atoms with van der Waals surface area (Å²) in [6.07, 6.45) is 9.28. The fourth-order valence-electron chi connectivity index (χ4n) is 2.63. The first-order valence-corrected chi connectivity index (χ1v) is 7.58. The van der Waals surface area contributed by atoms with Crippen LogP contribution in [0.3, 0.4) is 0 Å². The maximum atomic E-state index is 11.7. The zero-order valence-electron chi connectivity index (χ0n) is 10.4. The van der Waals surface area contributed by atoms with Crippen molar-refractivity contribution in [3.05, 3.63) is 11.1 Å². The quantitative estimate of drug-likeness (QED) is 0.882. The van der Waals surface area contributed by atoms with E-state index in [1.165, 1.54) is 37.0 Å². The Morgan fingerprint density at radius 3 is 2.78 bits per heavy atom. The predicted molar refractivity (Wildman–Crippen MR) is 72.7 cm³/mol. The smallest absolute Gasteiger partial charge is 0.230 e. The number of carbonyl (C=O) groups excluding carboxylic acids is 1. The Kier molecular flexibility index (Phi) is 3.35. The third-order valence-electron chi connectivity index (χ3n) is 3.94. The lowest BCUT2D eigenvalue weighted by Gasteiger charge is -2.19. The number of nitrogens with two attached hydrogens (primary N) is 1. The number of thiazole rings is 1. The lowest BCUT2D eigenvalue weighted by Crippen LogP contribution is -2.18. The molecule has 2 fully saturated rings. The van der Waals surface area contributed by atoms with Gasteiger partial charge < -0.3 is 11.1 Å². The molecule has 5 heteroatoms. The van der Waals surface area contributed by atoms with E-state index in [-0.39, 0.29) is 17.9 Å². The molecule has 0 aliphatic heterocycles. The van der Waals surface area contributed by atoms with Crippen LogP contribution in [0.5, 0.6) is 0 Å². The predicted octanol–water partition coefficient (Wildman–Crippen LogP) is 2.48. The molecular weight excluding hydrogens is 246 g/mol. The third-order valence-corrected chi connectivity index (χ3v) is 5.01. The van der Waals surface area contributed by atoms with Crippen LogP contribution in [-0.2, 0) is 4.79 Å². The van der Waals surface area contributed by atoms with Crippen LogP contribution in [-0.4, -0.2) is 16.9 Å². The number of nitrogens with zero attached hydrogens (tertiary/aromatic N) is 1. The van der Waals surface area contributed by atoms with Crippen molar-refractivity contribution in [2.24, 2.45) is 11.7 Å². The maximum absolute atomic E-state index is 11.7. The number of carbonyl (C=O) groups is 1. The van der Waals surface area contributed by atoms with Gasteiger partial charge >= 0.3 is 0 Å². The van der Waals surface area contributed by atoms with E-state index in [9.17, 15) is 4.79 Å². The third kappa shape index (κ3) is 2.57. The van der Waals surface area contributed by atoms with Gasteiger partial charge in [-0.25, -0.2) is 4.98 Å². The molecule has 1 aromatic heterocycles. The monoisotopic (exact) mass is 265 g/mol. The summed E-state index contributed by atoms with van der Waals surface area (Å²) in [5.74, 6) is 0.698. The van der Waals surface area contributed by atoms with Crippen LogP contribution in [0.1, 0.15) is 49.3 Å². The minimum Gasteiger partial charge on any atom is -0.327 e. The van der Waals surface area contributed by atoms with Crippen molar-refractivity contribution >= 4 is 22.4 Å². The standard InChI is InChI=1S/C13H19N3OS/c14-10-6-9(10)12(17)16-13-15-7-11(18-13)8-4-2-1-3-5-8/h7-10H,1-6,14H2,(H,15,16,17)/t9-,10-/m0/s1. The van der Waals surface area contributed by atoms with Gasteiger partial charge in [-0.15, -0.1) is 11.3 Å². The van der Waals surface area contributed by atoms with Gasteiger partial charge in [0.25, 0.3) is 0 Å². The number of aromatic nitrogens is 1. The zero-order valence-corrected chi connectivity index (χ0v) is 11.2. The summed E-state index contributed by atoms with van der Waals surface area (Å²) in [6.45, 7) is 0. The second kappa shape index (κ2) is 4.97. The fourth-order valence-corrected chi connectivity index (χ4v) is 3.62. The van der Waals surface area contributed by atoms with E-state index < -0.39 is 0 Å². The molecule has 1 aromatic rings. The van der Waals surface area contributed by atoms with E-state index in [4.69, 9.17) is 5.73 Å². The van der Waals surface area contributed by atoms with Gasteiger partial charge in [-0.05, 0) is 25.2 Å². The molecule has 18 heavy (non-hydrogen) atoms. The Morgan fingerprint density at radius 2 is 2.11 bits per heavy atom. The lowest BCUT2D eigenvalue weighted by atomic mass is 9.89. The first-order valence-electron chi connectivity index (χ1n) is 6.76. The van der Waals surface area contributed by atoms with Gasteiger partial charge in [0, 0.05) is 17.1 Å². The molecule has 4 nitrogen and oxygen atoms in total. The van der Waals surface area contributed by atoms with Gasteiger partial charge in [-0.3, -0.25) is 4.79 Å². The first-order chi connectivity index (χ1) is 8.74. The van der Waals surface area contributed by atoms with Gasteiger partial charge in [-0.2, -0.15) is 0 Å². The molecule has 0 radical (unpaired) electrons. The highest BCUT2D eigenvalue weighted by molar-refractivity contribution is 7.15. The normalized spacial score (nSPS) is 28.1. The highest BCUT2D eigenvalue weighted by Crippen LogP contribution is 2.37. The van der Waals surface area contributed by atoms with Crippen LogP contribution in [0.2, 0.25) is 0 Å². The van der Waals surface area contributed by atoms with Crippen molar-refractivity contribution in [2.45, 2.75) is 50.5 Å². The van der Waals surface area contributed by atoms with E-state index in [1.807, 2.05) is 6.20 Å². The Morgan fingerprint density at radius 1 is 1.39 bits per heavy atom. The second-order valence-corrected chi connectivity index (χ2v) is 6.46. The van der Waals surface area contributed by atoms with Gasteiger partial charge in [0.15, 0.2) is 5.13 Å². The van der Waals surface area contributed by atoms with Crippen molar-refractivity contribution in [1.29, 1.82) is 0 Å². The molecule has 2 atom stereocenters. The average molecular weight is 265 g/mol. The Bertz CT molecular complexity index is 439. The molecular formula is C13H19N3OS. The van der Waals surface area contributed by atoms with Crippen LogP contribution in [0.15, 0.2) is 6.20 Å². The summed E-state index contributed by atoms with van der Waals surface area (Å²) in [5, 5.41) is 3.62. The van der Waals surface area contributed by atoms with Crippen LogP contribution in [0.25, 0.3) is 0 Å². The molecule has 2 saturated carbocycles. The number of rotatable bonds is 3. The SMILES string of the molecule is N[C@H]1C[C@@H]1C(=O)Nc1ncc(C2CCCCC2)s1. The Labute approximate surface area is 111 Å². The van der Waals surface area contributed by atoms with Crippen molar-refractivity contribution in [3.8, 4) is 0 Å². The van der Waals surface area contributed by atoms with Crippen molar-refractivity contribution in [3.63, 3.8) is 0 Å². The molecule has 3 N–H and O–H groups in total. The minimum absolute atomic E-state index is 0.00651. The van der Waals surface area contributed by atoms with Crippen LogP contribution < -0.4 is 11.1 Å². The number of hydrogen-bond acceptors (Lipinski definition) is 4. The van der Waals surface area contributed by atoms with E-state index in [0.29, 0.717) is 5.92 Å². The molecule has 1 heterocycles. The van der Waals surface area contributed by atoms with Gasteiger partial charge in [-0.1, -0.05) is 19.3 Å². The van der Waals surface area contributed by atoms with Crippen molar-refractivity contribution < 1.29 is 4.79 Å². The van der Waals surface area contributed by atoms with Crippen LogP contribution in [0, 0.1) is 5.92 Å². The highest BCUT2D eigenvalue weighted by atomic mass is 32.1. The summed E-state index contributed by atoms with van der Waals surface area (Å²) in [6, 6.07) is 0.0581. The topological polar surface area (TPSA) is 68.0 Å². The summed E-state index contributed by atoms with van der Waals surface area (Å²) in [4.78, 5) is 17.4. The van der Waals surface area contributed by atoms with Crippen LogP contribution >= 0.6 is 11.3 Å². The molecule has 0 unspecified atom stereocenters. The van der Waals surface area contributed by atoms with E-state index in [0.717, 1.165) is 11.6 Å². The number of hydrogen-bond donors (Lipinski definition) is 2. The van der Waals surface area contributed by atoms with Crippen molar-refractivity contribution in [1.82, 2.24) is 4.98 Å². The maximum Gasteiger partial charge on any atom is 0.230 e. The van der Waals surface area contributed by atoms with E-state index >= 15 is 0 Å². The molecule has 2 aliphatic carbocycles. The minimum atomic E-state index is 0.00651. The molecule has 0 saturated heterocycles. The highest BCUT2D eigenvalue weighted by Gasteiger charge is 2.40. The Hall–Kier alpha value is -0.940. The summed E-state index contributed by atoms with van der Waals surface area (Å²) < 4.78 is 0. The zero-order chi connectivity index (χ0) is 12.5. The molecule has 3 rings (SSSR count). The van der Waals surface area contributed by atoms with Crippen molar-refractivity contribution in [2.75, 3.05) is 5.32 Å². The van der Waals surface area contributed by atoms with Gasteiger partial charge in [0.05, 0.1) is 5.92 Å². The molecule has 1 amide bonds. The summed E-state index contributed by atoms with van der Waals surface area (Å²) >= 11 is 1.63. The number of anilines is 1. The second-order valence-electron chi connectivity index (χ2n) is 5.40. The summed E-state index contributed by atoms with van der Waals surface area (Å²) in [5.41, 5.74) is 5.67. The molecule has 0 spiro atoms. The van der Waals surface area contributed by atoms with Crippen LogP contribution in [0.4, 0.5) is 5.13 Å². The Balaban J connectivity index is 1.60. The van der Waals surface area contributed by atoms with E-state index in [1.54, 1.807) is 11.3 Å².